The molecule has 2 atom stereocenters. The minimum absolute atomic E-state index is 0.0688. The predicted octanol–water partition coefficient (Wildman–Crippen LogP) is 2.29. The molecule has 0 bridgehead atoms. The summed E-state index contributed by atoms with van der Waals surface area (Å²) in [4.78, 5) is 38.7. The SMILES string of the molecule is NC(=O)c1cc(NC(=O)C2CCCCC2C(=O)N2CCCC2)ccc1F. The molecule has 1 aliphatic heterocycles. The van der Waals surface area contributed by atoms with Crippen LogP contribution in [0.2, 0.25) is 0 Å². The number of likely N-dealkylation sites (tertiary alicyclic amines) is 1. The van der Waals surface area contributed by atoms with E-state index < -0.39 is 17.6 Å². The molecule has 0 aromatic heterocycles. The highest BCUT2D eigenvalue weighted by atomic mass is 19.1. The van der Waals surface area contributed by atoms with Gasteiger partial charge in [-0.2, -0.15) is 0 Å². The van der Waals surface area contributed by atoms with Gasteiger partial charge in [-0.1, -0.05) is 12.8 Å². The zero-order valence-electron chi connectivity index (χ0n) is 14.7. The number of amides is 3. The number of halogens is 1. The lowest BCUT2D eigenvalue weighted by molar-refractivity contribution is -0.141. The fourth-order valence-corrected chi connectivity index (χ4v) is 3.94. The van der Waals surface area contributed by atoms with Crippen LogP contribution in [-0.4, -0.2) is 35.7 Å². The summed E-state index contributed by atoms with van der Waals surface area (Å²) in [5.74, 6) is -2.52. The third-order valence-corrected chi connectivity index (χ3v) is 5.34. The molecule has 1 saturated carbocycles. The molecular formula is C19H24FN3O3. The maximum absolute atomic E-state index is 13.6. The van der Waals surface area contributed by atoms with Gasteiger partial charge >= 0.3 is 0 Å². The number of hydrogen-bond donors (Lipinski definition) is 2. The van der Waals surface area contributed by atoms with Crippen molar-refractivity contribution >= 4 is 23.4 Å². The van der Waals surface area contributed by atoms with Crippen LogP contribution in [0.5, 0.6) is 0 Å². The van der Waals surface area contributed by atoms with Gasteiger partial charge in [-0.05, 0) is 43.9 Å². The molecule has 1 aromatic rings. The topological polar surface area (TPSA) is 92.5 Å². The highest BCUT2D eigenvalue weighted by molar-refractivity contribution is 5.98. The molecule has 3 rings (SSSR count). The molecule has 2 aliphatic rings. The first-order valence-electron chi connectivity index (χ1n) is 9.16. The molecule has 0 radical (unpaired) electrons. The third kappa shape index (κ3) is 3.86. The molecule has 7 heteroatoms. The summed E-state index contributed by atoms with van der Waals surface area (Å²) < 4.78 is 13.6. The Labute approximate surface area is 151 Å². The van der Waals surface area contributed by atoms with Gasteiger partial charge in [-0.25, -0.2) is 4.39 Å². The lowest BCUT2D eigenvalue weighted by atomic mass is 9.77. The first-order valence-corrected chi connectivity index (χ1v) is 9.16. The second-order valence-electron chi connectivity index (χ2n) is 7.08. The normalized spacial score (nSPS) is 22.9. The minimum atomic E-state index is -0.890. The maximum atomic E-state index is 13.6. The van der Waals surface area contributed by atoms with E-state index in [1.54, 1.807) is 0 Å². The van der Waals surface area contributed by atoms with Gasteiger partial charge in [0.15, 0.2) is 0 Å². The van der Waals surface area contributed by atoms with E-state index in [-0.39, 0.29) is 23.3 Å². The van der Waals surface area contributed by atoms with E-state index in [2.05, 4.69) is 5.32 Å². The van der Waals surface area contributed by atoms with Gasteiger partial charge in [0.05, 0.1) is 5.56 Å². The molecule has 2 fully saturated rings. The Balaban J connectivity index is 1.73. The van der Waals surface area contributed by atoms with Crippen molar-refractivity contribution in [2.24, 2.45) is 17.6 Å². The van der Waals surface area contributed by atoms with E-state index in [0.717, 1.165) is 44.8 Å². The van der Waals surface area contributed by atoms with Gasteiger partial charge in [-0.15, -0.1) is 0 Å². The quantitative estimate of drug-likeness (QED) is 0.862. The number of primary amides is 1. The lowest BCUT2D eigenvalue weighted by Crippen LogP contribution is -2.42. The van der Waals surface area contributed by atoms with Crippen LogP contribution in [0.15, 0.2) is 18.2 Å². The smallest absolute Gasteiger partial charge is 0.251 e. The predicted molar refractivity (Wildman–Crippen MR) is 94.8 cm³/mol. The molecule has 1 aliphatic carbocycles. The van der Waals surface area contributed by atoms with Gasteiger partial charge in [0.2, 0.25) is 11.8 Å². The van der Waals surface area contributed by atoms with Crippen LogP contribution in [-0.2, 0) is 9.59 Å². The van der Waals surface area contributed by atoms with Crippen molar-refractivity contribution in [1.29, 1.82) is 0 Å². The molecule has 1 heterocycles. The van der Waals surface area contributed by atoms with Gasteiger partial charge in [0, 0.05) is 30.6 Å². The average molecular weight is 361 g/mol. The molecule has 1 saturated heterocycles. The van der Waals surface area contributed by atoms with Crippen LogP contribution >= 0.6 is 0 Å². The Kier molecular flexibility index (Phi) is 5.54. The van der Waals surface area contributed by atoms with Crippen LogP contribution < -0.4 is 11.1 Å². The Morgan fingerprint density at radius 3 is 2.35 bits per heavy atom. The number of nitrogens with one attached hydrogen (secondary N) is 1. The summed E-state index contributed by atoms with van der Waals surface area (Å²) in [6.07, 6.45) is 5.24. The average Bonchev–Trinajstić information content (AvgIpc) is 3.17. The number of nitrogens with two attached hydrogens (primary N) is 1. The summed E-state index contributed by atoms with van der Waals surface area (Å²) in [5.41, 5.74) is 5.19. The van der Waals surface area contributed by atoms with E-state index >= 15 is 0 Å². The Bertz CT molecular complexity index is 716. The van der Waals surface area contributed by atoms with E-state index in [1.165, 1.54) is 12.1 Å². The number of carbonyl (C=O) groups excluding carboxylic acids is 3. The molecular weight excluding hydrogens is 337 g/mol. The molecule has 2 unspecified atom stereocenters. The maximum Gasteiger partial charge on any atom is 0.251 e. The number of rotatable bonds is 4. The first-order chi connectivity index (χ1) is 12.5. The van der Waals surface area contributed by atoms with E-state index in [1.807, 2.05) is 4.90 Å². The summed E-state index contributed by atoms with van der Waals surface area (Å²) in [6, 6.07) is 3.72. The Morgan fingerprint density at radius 2 is 1.69 bits per heavy atom. The molecule has 140 valence electrons. The highest BCUT2D eigenvalue weighted by Crippen LogP contribution is 2.33. The minimum Gasteiger partial charge on any atom is -0.366 e. The van der Waals surface area contributed by atoms with Crippen LogP contribution in [0.1, 0.15) is 48.9 Å². The molecule has 6 nitrogen and oxygen atoms in total. The van der Waals surface area contributed by atoms with Crippen molar-refractivity contribution in [1.82, 2.24) is 4.90 Å². The van der Waals surface area contributed by atoms with Crippen LogP contribution in [0.4, 0.5) is 10.1 Å². The summed E-state index contributed by atoms with van der Waals surface area (Å²) >= 11 is 0. The Morgan fingerprint density at radius 1 is 1.04 bits per heavy atom. The molecule has 3 N–H and O–H groups in total. The van der Waals surface area contributed by atoms with Crippen molar-refractivity contribution in [2.75, 3.05) is 18.4 Å². The summed E-state index contributed by atoms with van der Waals surface area (Å²) in [6.45, 7) is 1.53. The van der Waals surface area contributed by atoms with Crippen molar-refractivity contribution in [3.8, 4) is 0 Å². The summed E-state index contributed by atoms with van der Waals surface area (Å²) in [5, 5.41) is 2.73. The molecule has 3 amide bonds. The van der Waals surface area contributed by atoms with Crippen molar-refractivity contribution < 1.29 is 18.8 Å². The highest BCUT2D eigenvalue weighted by Gasteiger charge is 2.38. The second kappa shape index (κ2) is 7.85. The number of nitrogens with zero attached hydrogens (tertiary/aromatic N) is 1. The fraction of sp³-hybridized carbons (Fsp3) is 0.526. The van der Waals surface area contributed by atoms with Crippen LogP contribution in [0, 0.1) is 17.7 Å². The third-order valence-electron chi connectivity index (χ3n) is 5.34. The van der Waals surface area contributed by atoms with Crippen molar-refractivity contribution in [3.63, 3.8) is 0 Å². The number of carbonyl (C=O) groups is 3. The van der Waals surface area contributed by atoms with Crippen molar-refractivity contribution in [2.45, 2.75) is 38.5 Å². The zero-order valence-corrected chi connectivity index (χ0v) is 14.7. The number of benzene rings is 1. The molecule has 0 spiro atoms. The van der Waals surface area contributed by atoms with Gasteiger partial charge in [0.25, 0.3) is 5.91 Å². The molecule has 1 aromatic carbocycles. The van der Waals surface area contributed by atoms with Crippen LogP contribution in [0.3, 0.4) is 0 Å². The standard InChI is InChI=1S/C19H24FN3O3/c20-16-8-7-12(11-15(16)17(21)24)22-18(25)13-5-1-2-6-14(13)19(26)23-9-3-4-10-23/h7-8,11,13-14H,1-6,9-10H2,(H2,21,24)(H,22,25). The summed E-state index contributed by atoms with van der Waals surface area (Å²) in [7, 11) is 0. The van der Waals surface area contributed by atoms with E-state index in [9.17, 15) is 18.8 Å². The number of anilines is 1. The number of hydrogen-bond acceptors (Lipinski definition) is 3. The van der Waals surface area contributed by atoms with Gasteiger partial charge < -0.3 is 16.0 Å². The largest absolute Gasteiger partial charge is 0.366 e. The second-order valence-corrected chi connectivity index (χ2v) is 7.08. The van der Waals surface area contributed by atoms with Crippen LogP contribution in [0.25, 0.3) is 0 Å². The molecule has 26 heavy (non-hydrogen) atoms. The Hall–Kier alpha value is -2.44. The fourth-order valence-electron chi connectivity index (χ4n) is 3.94. The monoisotopic (exact) mass is 361 g/mol. The van der Waals surface area contributed by atoms with E-state index in [4.69, 9.17) is 5.73 Å². The van der Waals surface area contributed by atoms with E-state index in [0.29, 0.717) is 18.5 Å². The zero-order chi connectivity index (χ0) is 18.7. The van der Waals surface area contributed by atoms with Gasteiger partial charge in [-0.3, -0.25) is 14.4 Å². The lowest BCUT2D eigenvalue weighted by Gasteiger charge is -2.32. The van der Waals surface area contributed by atoms with Crippen molar-refractivity contribution in [3.05, 3.63) is 29.6 Å². The first kappa shape index (κ1) is 18.4. The van der Waals surface area contributed by atoms with Gasteiger partial charge in [0.1, 0.15) is 5.82 Å².